The van der Waals surface area contributed by atoms with E-state index in [1.807, 2.05) is 33.3 Å². The number of rotatable bonds is 46. The first-order valence-corrected chi connectivity index (χ1v) is 26.4. The Morgan fingerprint density at radius 3 is 1.27 bits per heavy atom. The summed E-state index contributed by atoms with van der Waals surface area (Å²) in [7, 11) is 3.97. The van der Waals surface area contributed by atoms with Crippen LogP contribution in [0.5, 0.6) is 0 Å². The summed E-state index contributed by atoms with van der Waals surface area (Å²) in [5.74, 6) is 2.37. The maximum atomic E-state index is 12.1. The molecule has 0 bridgehead atoms. The van der Waals surface area contributed by atoms with Gasteiger partial charge in [-0.3, -0.25) is 9.59 Å². The van der Waals surface area contributed by atoms with Crippen molar-refractivity contribution in [2.45, 2.75) is 80.4 Å². The highest BCUT2D eigenvalue weighted by atomic mass is 33.1. The highest BCUT2D eigenvalue weighted by molar-refractivity contribution is 8.77. The molecule has 3 saturated heterocycles. The molecule has 368 valence electrons. The number of fused-ring (bicyclic) bond motifs is 1. The number of ether oxygens (including phenoxy) is 11. The van der Waals surface area contributed by atoms with Gasteiger partial charge in [0.15, 0.2) is 0 Å². The molecule has 63 heavy (non-hydrogen) atoms. The van der Waals surface area contributed by atoms with Gasteiger partial charge in [0.25, 0.3) is 0 Å². The molecule has 3 heterocycles. The molecular weight excluding hydrogens is 881 g/mol. The second-order valence-corrected chi connectivity index (χ2v) is 18.9. The number of hydrogen-bond donors (Lipinski definition) is 4. The first-order chi connectivity index (χ1) is 31.1. The number of nitrogens with one attached hydrogen (secondary N) is 4. The molecule has 0 radical (unpaired) electrons. The van der Waals surface area contributed by atoms with Crippen molar-refractivity contribution in [2.75, 3.05) is 170 Å². The van der Waals surface area contributed by atoms with Crippen molar-refractivity contribution in [2.24, 2.45) is 0 Å². The summed E-state index contributed by atoms with van der Waals surface area (Å²) >= 11 is 1.90. The molecule has 21 heteroatoms. The molecule has 3 aliphatic heterocycles. The fourth-order valence-electron chi connectivity index (χ4n) is 6.50. The molecule has 18 nitrogen and oxygen atoms in total. The number of carbonyl (C=O) groups excluding carboxylic acids is 3. The maximum absolute atomic E-state index is 12.1. The van der Waals surface area contributed by atoms with Crippen LogP contribution in [0, 0.1) is 0 Å². The van der Waals surface area contributed by atoms with Gasteiger partial charge in [0, 0.05) is 47.9 Å². The molecule has 0 saturated carbocycles. The van der Waals surface area contributed by atoms with Crippen LogP contribution < -0.4 is 21.3 Å². The molecule has 0 aliphatic carbocycles. The number of carbonyl (C=O) groups is 3. The quantitative estimate of drug-likeness (QED) is 0.0394. The summed E-state index contributed by atoms with van der Waals surface area (Å²) in [5, 5.41) is 13.0. The summed E-state index contributed by atoms with van der Waals surface area (Å²) in [5.41, 5.74) is 0. The van der Waals surface area contributed by atoms with Gasteiger partial charge in [-0.05, 0) is 32.1 Å². The second-order valence-electron chi connectivity index (χ2n) is 14.9. The third-order valence-electron chi connectivity index (χ3n) is 9.85. The fraction of sp³-hybridized carbons (Fsp3) is 0.929. The maximum Gasteiger partial charge on any atom is 0.315 e. The normalized spacial score (nSPS) is 19.3. The zero-order valence-corrected chi connectivity index (χ0v) is 39.9. The van der Waals surface area contributed by atoms with E-state index in [-0.39, 0.29) is 29.9 Å². The van der Waals surface area contributed by atoms with Gasteiger partial charge in [0.1, 0.15) is 0 Å². The highest BCUT2D eigenvalue weighted by Gasteiger charge is 2.42. The van der Waals surface area contributed by atoms with E-state index in [1.165, 1.54) is 18.6 Å². The molecule has 3 rings (SSSR count). The first kappa shape index (κ1) is 56.1. The van der Waals surface area contributed by atoms with Gasteiger partial charge in [-0.15, -0.1) is 0 Å². The Morgan fingerprint density at radius 1 is 0.508 bits per heavy atom. The Morgan fingerprint density at radius 2 is 0.889 bits per heavy atom. The SMILES string of the molecule is O=C(CCCC[C@@H]1CCSS1)NCCOCCOCCOCCOCCOCCOCCOCCOCCOCCOCCOCCNC(=O)CCCC[C@@H]1SC[C@@H]2NC(=O)N[C@H]21. The van der Waals surface area contributed by atoms with E-state index >= 15 is 0 Å². The highest BCUT2D eigenvalue weighted by Crippen LogP contribution is 2.40. The van der Waals surface area contributed by atoms with Crippen LogP contribution >= 0.6 is 33.3 Å². The number of unbranched alkanes of at least 4 members (excludes halogenated alkanes) is 2. The predicted octanol–water partition coefficient (Wildman–Crippen LogP) is 2.84. The number of urea groups is 1. The second kappa shape index (κ2) is 41.0. The molecule has 4 N–H and O–H groups in total. The van der Waals surface area contributed by atoms with E-state index in [0.717, 1.165) is 43.1 Å². The minimum absolute atomic E-state index is 0.0415. The van der Waals surface area contributed by atoms with Crippen molar-refractivity contribution in [3.8, 4) is 0 Å². The van der Waals surface area contributed by atoms with Crippen molar-refractivity contribution >= 4 is 51.2 Å². The molecule has 0 aromatic heterocycles. The Labute approximate surface area is 387 Å². The van der Waals surface area contributed by atoms with Gasteiger partial charge in [-0.2, -0.15) is 11.8 Å². The molecule has 0 spiro atoms. The van der Waals surface area contributed by atoms with E-state index in [2.05, 4.69) is 21.3 Å². The zero-order chi connectivity index (χ0) is 44.5. The van der Waals surface area contributed by atoms with E-state index < -0.39 is 0 Å². The average Bonchev–Trinajstić information content (AvgIpc) is 4.04. The van der Waals surface area contributed by atoms with Crippen LogP contribution in [0.25, 0.3) is 0 Å². The van der Waals surface area contributed by atoms with Crippen LogP contribution in [0.3, 0.4) is 0 Å². The van der Waals surface area contributed by atoms with E-state index in [1.54, 1.807) is 0 Å². The lowest BCUT2D eigenvalue weighted by Crippen LogP contribution is -2.36. The minimum atomic E-state index is -0.0618. The fourth-order valence-corrected chi connectivity index (χ4v) is 11.1. The van der Waals surface area contributed by atoms with Crippen molar-refractivity contribution < 1.29 is 66.5 Å². The van der Waals surface area contributed by atoms with Gasteiger partial charge in [0.2, 0.25) is 11.8 Å². The monoisotopic (exact) mass is 958 g/mol. The van der Waals surface area contributed by atoms with Gasteiger partial charge in [-0.25, -0.2) is 4.79 Å². The van der Waals surface area contributed by atoms with Crippen molar-refractivity contribution in [1.29, 1.82) is 0 Å². The summed E-state index contributed by atoms with van der Waals surface area (Å²) in [4.78, 5) is 35.5. The van der Waals surface area contributed by atoms with Gasteiger partial charge in [-0.1, -0.05) is 34.4 Å². The molecule has 0 unspecified atom stereocenters. The Bertz CT molecular complexity index is 1120. The van der Waals surface area contributed by atoms with Crippen LogP contribution in [-0.2, 0) is 61.7 Å². The van der Waals surface area contributed by atoms with E-state index in [0.29, 0.717) is 177 Å². The van der Waals surface area contributed by atoms with Crippen molar-refractivity contribution in [3.05, 3.63) is 0 Å². The van der Waals surface area contributed by atoms with Crippen LogP contribution in [0.1, 0.15) is 57.8 Å². The molecular formula is C42H78N4O14S3. The van der Waals surface area contributed by atoms with Crippen LogP contribution in [0.15, 0.2) is 0 Å². The van der Waals surface area contributed by atoms with Gasteiger partial charge in [0.05, 0.1) is 157 Å². The molecule has 4 atom stereocenters. The van der Waals surface area contributed by atoms with Crippen molar-refractivity contribution in [1.82, 2.24) is 21.3 Å². The molecule has 0 aromatic carbocycles. The predicted molar refractivity (Wildman–Crippen MR) is 246 cm³/mol. The number of amides is 4. The number of hydrogen-bond acceptors (Lipinski definition) is 17. The lowest BCUT2D eigenvalue weighted by Gasteiger charge is -2.16. The largest absolute Gasteiger partial charge is 0.377 e. The van der Waals surface area contributed by atoms with Crippen LogP contribution in [0.4, 0.5) is 4.79 Å². The van der Waals surface area contributed by atoms with E-state index in [9.17, 15) is 14.4 Å². The summed E-state index contributed by atoms with van der Waals surface area (Å²) in [6, 6.07) is 0.401. The summed E-state index contributed by atoms with van der Waals surface area (Å²) in [6.45, 7) is 11.6. The lowest BCUT2D eigenvalue weighted by atomic mass is 10.0. The molecule has 3 fully saturated rings. The molecule has 3 aliphatic rings. The average molecular weight is 959 g/mol. The van der Waals surface area contributed by atoms with Crippen LogP contribution in [-0.4, -0.2) is 210 Å². The Balaban J connectivity index is 0.876. The minimum Gasteiger partial charge on any atom is -0.377 e. The van der Waals surface area contributed by atoms with Gasteiger partial charge >= 0.3 is 6.03 Å². The van der Waals surface area contributed by atoms with E-state index in [4.69, 9.17) is 52.1 Å². The standard InChI is InChI=1S/C42H78N4O14S3/c47-39(7-3-1-5-36-9-34-62-63-36)43-10-12-50-14-16-52-18-20-54-22-24-56-26-28-58-30-32-60-33-31-59-29-27-57-25-23-55-21-19-53-17-15-51-13-11-44-40(48)8-4-2-6-38-41-37(35-61-38)45-42(49)46-41/h36-38,41H,1-35H2,(H,43,47)(H,44,48)(H2,45,46,49)/t36-,37+,38+,41-/m1/s1. The topological polar surface area (TPSA) is 201 Å². The Kier molecular flexibility index (Phi) is 36.6. The third kappa shape index (κ3) is 32.2. The molecule has 4 amide bonds. The summed E-state index contributed by atoms with van der Waals surface area (Å²) in [6.07, 6.45) is 8.52. The van der Waals surface area contributed by atoms with Gasteiger partial charge < -0.3 is 73.4 Å². The number of thioether (sulfide) groups is 1. The Hall–Kier alpha value is -1.18. The zero-order valence-electron chi connectivity index (χ0n) is 37.5. The van der Waals surface area contributed by atoms with Crippen LogP contribution in [0.2, 0.25) is 0 Å². The third-order valence-corrected chi connectivity index (χ3v) is 14.4. The summed E-state index contributed by atoms with van der Waals surface area (Å²) < 4.78 is 60.6. The smallest absolute Gasteiger partial charge is 0.315 e. The first-order valence-electron chi connectivity index (χ1n) is 23.0. The molecule has 0 aromatic rings. The lowest BCUT2D eigenvalue weighted by molar-refractivity contribution is -0.122. The van der Waals surface area contributed by atoms with Crippen molar-refractivity contribution in [3.63, 3.8) is 0 Å².